The number of carbonyl (C=O) groups excluding carboxylic acids is 7. The van der Waals surface area contributed by atoms with E-state index in [4.69, 9.17) is 10.8 Å². The molecule has 3 rings (SSSR count). The van der Waals surface area contributed by atoms with Gasteiger partial charge >= 0.3 is 5.97 Å². The number of nitrogens with one attached hydrogen (secondary N) is 6. The highest BCUT2D eigenvalue weighted by Gasteiger charge is 2.41. The minimum atomic E-state index is -1.66. The van der Waals surface area contributed by atoms with Gasteiger partial charge in [0.25, 0.3) is 0 Å². The number of amides is 7. The van der Waals surface area contributed by atoms with Crippen molar-refractivity contribution < 1.29 is 58.8 Å². The average molecular weight is 841 g/mol. The fourth-order valence-corrected chi connectivity index (χ4v) is 6.53. The number of aliphatic carboxylic acids is 1. The molecule has 1 heterocycles. The second-order valence-corrected chi connectivity index (χ2v) is 14.9. The van der Waals surface area contributed by atoms with Crippen LogP contribution in [0, 0.1) is 5.92 Å². The minimum Gasteiger partial charge on any atom is -0.508 e. The van der Waals surface area contributed by atoms with Crippen LogP contribution < -0.4 is 37.6 Å². The summed E-state index contributed by atoms with van der Waals surface area (Å²) in [6, 6.07) is 6.27. The molecule has 0 aliphatic carbocycles. The number of likely N-dealkylation sites (tertiary alicyclic amines) is 1. The van der Waals surface area contributed by atoms with E-state index in [1.54, 1.807) is 44.2 Å². The fourth-order valence-electron chi connectivity index (χ4n) is 6.53. The predicted octanol–water partition coefficient (Wildman–Crippen LogP) is -2.83. The van der Waals surface area contributed by atoms with Crippen molar-refractivity contribution in [2.24, 2.45) is 11.7 Å². The normalized spacial score (nSPS) is 16.6. The fraction of sp³-hybridized carbons (Fsp3) is 0.500. The molecule has 0 spiro atoms. The summed E-state index contributed by atoms with van der Waals surface area (Å²) in [5.41, 5.74) is 6.46. The van der Waals surface area contributed by atoms with Gasteiger partial charge in [-0.05, 0) is 55.4 Å². The van der Waals surface area contributed by atoms with E-state index in [1.165, 1.54) is 36.1 Å². The Morgan fingerprint density at radius 2 is 1.33 bits per heavy atom. The van der Waals surface area contributed by atoms with Crippen LogP contribution in [0.4, 0.5) is 0 Å². The Morgan fingerprint density at radius 3 is 1.92 bits per heavy atom. The molecule has 0 radical (unpaired) electrons. The van der Waals surface area contributed by atoms with Crippen LogP contribution in [-0.4, -0.2) is 141 Å². The smallest absolute Gasteiger partial charge is 0.322 e. The van der Waals surface area contributed by atoms with Gasteiger partial charge in [0.05, 0.1) is 19.3 Å². The first-order chi connectivity index (χ1) is 28.4. The molecule has 60 heavy (non-hydrogen) atoms. The number of aliphatic hydroxyl groups excluding tert-OH is 2. The first-order valence-corrected chi connectivity index (χ1v) is 19.6. The maximum atomic E-state index is 14.2. The molecule has 0 aromatic heterocycles. The molecule has 0 saturated carbocycles. The number of phenolic OH excluding ortho intramolecular Hbond substituents is 1. The van der Waals surface area contributed by atoms with Crippen molar-refractivity contribution in [3.63, 3.8) is 0 Å². The number of benzene rings is 2. The molecule has 20 heteroatoms. The van der Waals surface area contributed by atoms with E-state index in [1.807, 2.05) is 0 Å². The molecule has 0 unspecified atom stereocenters. The monoisotopic (exact) mass is 840 g/mol. The number of nitrogens with zero attached hydrogens (tertiary/aromatic N) is 1. The van der Waals surface area contributed by atoms with Crippen LogP contribution >= 0.6 is 0 Å². The van der Waals surface area contributed by atoms with Gasteiger partial charge in [-0.3, -0.25) is 38.4 Å². The zero-order valence-corrected chi connectivity index (χ0v) is 33.8. The maximum absolute atomic E-state index is 14.2. The average Bonchev–Trinajstić information content (AvgIpc) is 3.71. The first kappa shape index (κ1) is 48.3. The molecule has 12 N–H and O–H groups in total. The van der Waals surface area contributed by atoms with Crippen LogP contribution in [0.15, 0.2) is 54.6 Å². The lowest BCUT2D eigenvalue weighted by atomic mass is 10.0. The quantitative estimate of drug-likeness (QED) is 0.0571. The summed E-state index contributed by atoms with van der Waals surface area (Å²) in [5, 5.41) is 54.1. The van der Waals surface area contributed by atoms with Crippen LogP contribution in [0.5, 0.6) is 5.75 Å². The van der Waals surface area contributed by atoms with Gasteiger partial charge in [-0.1, -0.05) is 56.3 Å². The largest absolute Gasteiger partial charge is 0.508 e. The standard InChI is InChI=1S/C40H56N8O12/c1-22(2)16-27(35(55)42-20-33(53)54)44-36(56)28(17-25-11-13-26(51)14-12-25)45-39(59)34(23(3)50)47-38(58)31-10-7-15-48(31)40(60)29(18-24-8-5-4-6-9-24)46-37(57)30(21-49)43-32(52)19-41/h4-6,8-9,11-14,22-23,27-31,34,49-51H,7,10,15-21,41H2,1-3H3,(H,42,55)(H,43,52)(H,44,56)(H,45,59)(H,46,57)(H,47,58)(H,53,54)/t23-,27+,28+,29+,30+,31+,34+/m1/s1. The highest BCUT2D eigenvalue weighted by molar-refractivity contribution is 5.98. The van der Waals surface area contributed by atoms with Crippen molar-refractivity contribution in [2.45, 2.75) is 95.2 Å². The van der Waals surface area contributed by atoms with E-state index in [9.17, 15) is 53.7 Å². The maximum Gasteiger partial charge on any atom is 0.322 e. The number of carbonyl (C=O) groups is 8. The van der Waals surface area contributed by atoms with Crippen molar-refractivity contribution in [3.05, 3.63) is 65.7 Å². The Kier molecular flexibility index (Phi) is 18.9. The third kappa shape index (κ3) is 14.9. The van der Waals surface area contributed by atoms with Crippen LogP contribution in [0.2, 0.25) is 0 Å². The number of carboxylic acids is 1. The SMILES string of the molecule is CC(C)C[C@H](NC(=O)[C@H](Cc1ccc(O)cc1)NC(=O)[C@@H](NC(=O)[C@@H]1CCCN1C(=O)[C@H](Cc1ccccc1)NC(=O)[C@H](CO)NC(=O)CN)[C@@H](C)O)C(=O)NCC(=O)O. The van der Waals surface area contributed by atoms with Crippen molar-refractivity contribution in [1.82, 2.24) is 36.8 Å². The van der Waals surface area contributed by atoms with Gasteiger partial charge in [0, 0.05) is 19.4 Å². The number of phenols is 1. The van der Waals surface area contributed by atoms with Gasteiger partial charge in [-0.15, -0.1) is 0 Å². The van der Waals surface area contributed by atoms with Gasteiger partial charge in [0.15, 0.2) is 0 Å². The van der Waals surface area contributed by atoms with E-state index >= 15 is 0 Å². The molecular formula is C40H56N8O12. The van der Waals surface area contributed by atoms with Gasteiger partial charge in [-0.25, -0.2) is 0 Å². The molecule has 1 saturated heterocycles. The number of carboxylic acid groups (broad SMARTS) is 1. The Bertz CT molecular complexity index is 1810. The van der Waals surface area contributed by atoms with Crippen molar-refractivity contribution in [1.29, 1.82) is 0 Å². The number of aromatic hydroxyl groups is 1. The molecule has 0 bridgehead atoms. The van der Waals surface area contributed by atoms with Crippen molar-refractivity contribution in [2.75, 3.05) is 26.2 Å². The number of aliphatic hydroxyl groups is 2. The second-order valence-electron chi connectivity index (χ2n) is 14.9. The number of hydrogen-bond donors (Lipinski definition) is 11. The van der Waals surface area contributed by atoms with E-state index in [0.717, 1.165) is 0 Å². The van der Waals surface area contributed by atoms with Gasteiger partial charge < -0.3 is 63.0 Å². The highest BCUT2D eigenvalue weighted by atomic mass is 16.4. The third-order valence-corrected chi connectivity index (χ3v) is 9.58. The summed E-state index contributed by atoms with van der Waals surface area (Å²) >= 11 is 0. The van der Waals surface area contributed by atoms with Gasteiger partial charge in [0.1, 0.15) is 48.5 Å². The first-order valence-electron chi connectivity index (χ1n) is 19.6. The van der Waals surface area contributed by atoms with E-state index in [-0.39, 0.29) is 43.9 Å². The molecule has 1 aliphatic rings. The van der Waals surface area contributed by atoms with E-state index in [2.05, 4.69) is 31.9 Å². The summed E-state index contributed by atoms with van der Waals surface area (Å²) < 4.78 is 0. The lowest BCUT2D eigenvalue weighted by molar-refractivity contribution is -0.143. The Morgan fingerprint density at radius 1 is 0.750 bits per heavy atom. The van der Waals surface area contributed by atoms with Crippen LogP contribution in [0.3, 0.4) is 0 Å². The van der Waals surface area contributed by atoms with E-state index in [0.29, 0.717) is 17.5 Å². The molecule has 328 valence electrons. The molecule has 7 amide bonds. The van der Waals surface area contributed by atoms with E-state index < -0.39 is 109 Å². The third-order valence-electron chi connectivity index (χ3n) is 9.58. The zero-order chi connectivity index (χ0) is 44.5. The lowest BCUT2D eigenvalue weighted by Gasteiger charge is -2.31. The molecule has 1 fully saturated rings. The molecule has 7 atom stereocenters. The molecule has 20 nitrogen and oxygen atoms in total. The zero-order valence-electron chi connectivity index (χ0n) is 33.8. The van der Waals surface area contributed by atoms with Crippen LogP contribution in [0.1, 0.15) is 51.2 Å². The molecule has 2 aromatic carbocycles. The Labute approximate surface area is 347 Å². The summed E-state index contributed by atoms with van der Waals surface area (Å²) in [6.07, 6.45) is -1.10. The van der Waals surface area contributed by atoms with Crippen LogP contribution in [0.25, 0.3) is 0 Å². The second kappa shape index (κ2) is 23.5. The van der Waals surface area contributed by atoms with Gasteiger partial charge in [-0.2, -0.15) is 0 Å². The van der Waals surface area contributed by atoms with Crippen LogP contribution in [-0.2, 0) is 51.2 Å². The lowest BCUT2D eigenvalue weighted by Crippen LogP contribution is -2.62. The molecular weight excluding hydrogens is 784 g/mol. The summed E-state index contributed by atoms with van der Waals surface area (Å²) in [5.74, 6) is -7.16. The van der Waals surface area contributed by atoms with Crippen molar-refractivity contribution in [3.8, 4) is 5.75 Å². The summed E-state index contributed by atoms with van der Waals surface area (Å²) in [6.45, 7) is 2.94. The summed E-state index contributed by atoms with van der Waals surface area (Å²) in [7, 11) is 0. The van der Waals surface area contributed by atoms with Gasteiger partial charge in [0.2, 0.25) is 41.4 Å². The number of hydrogen-bond acceptors (Lipinski definition) is 12. The summed E-state index contributed by atoms with van der Waals surface area (Å²) in [4.78, 5) is 106. The van der Waals surface area contributed by atoms with Crippen molar-refractivity contribution >= 4 is 47.3 Å². The minimum absolute atomic E-state index is 0.0261. The highest BCUT2D eigenvalue weighted by Crippen LogP contribution is 2.21. The predicted molar refractivity (Wildman–Crippen MR) is 214 cm³/mol. The topological polar surface area (TPSA) is 319 Å². The Hall–Kier alpha value is -6.12. The number of rotatable bonds is 22. The molecule has 1 aliphatic heterocycles. The molecule has 2 aromatic rings. The number of nitrogens with two attached hydrogens (primary N) is 1. The Balaban J connectivity index is 1.85.